The van der Waals surface area contributed by atoms with E-state index in [1.165, 1.54) is 36.9 Å². The van der Waals surface area contributed by atoms with Crippen LogP contribution in [0, 0.1) is 5.41 Å². The number of carbonyl (C=O) groups excluding carboxylic acids is 1. The average molecular weight is 327 g/mol. The van der Waals surface area contributed by atoms with Crippen molar-refractivity contribution >= 4 is 5.91 Å². The molecule has 1 saturated carbocycles. The van der Waals surface area contributed by atoms with Crippen LogP contribution in [0.15, 0.2) is 18.3 Å². The molecule has 1 aromatic heterocycles. The topological polar surface area (TPSA) is 36.4 Å². The first-order valence-corrected chi connectivity index (χ1v) is 9.63. The number of aromatic nitrogens is 1. The molecule has 1 aromatic rings. The van der Waals surface area contributed by atoms with Crippen molar-refractivity contribution in [2.45, 2.75) is 64.5 Å². The molecule has 3 heterocycles. The van der Waals surface area contributed by atoms with E-state index in [9.17, 15) is 4.79 Å². The molecule has 1 spiro atoms. The third-order valence-electron chi connectivity index (χ3n) is 6.10. The lowest BCUT2D eigenvalue weighted by Gasteiger charge is -2.48. The molecular formula is C20H29N3O. The fraction of sp³-hybridized carbons (Fsp3) is 0.700. The van der Waals surface area contributed by atoms with Crippen molar-refractivity contribution in [1.82, 2.24) is 14.8 Å². The number of nitrogens with zero attached hydrogens (tertiary/aromatic N) is 3. The molecule has 4 nitrogen and oxygen atoms in total. The number of pyridine rings is 1. The minimum atomic E-state index is 0.331. The highest BCUT2D eigenvalue weighted by Crippen LogP contribution is 2.42. The van der Waals surface area contributed by atoms with Gasteiger partial charge in [0.15, 0.2) is 0 Å². The van der Waals surface area contributed by atoms with Crippen LogP contribution in [-0.4, -0.2) is 46.4 Å². The summed E-state index contributed by atoms with van der Waals surface area (Å²) >= 11 is 0. The van der Waals surface area contributed by atoms with Crippen molar-refractivity contribution in [3.8, 4) is 0 Å². The predicted octanol–water partition coefficient (Wildman–Crippen LogP) is 3.01. The van der Waals surface area contributed by atoms with Crippen LogP contribution >= 0.6 is 0 Å². The van der Waals surface area contributed by atoms with E-state index in [-0.39, 0.29) is 0 Å². The van der Waals surface area contributed by atoms with Crippen molar-refractivity contribution in [3.05, 3.63) is 29.6 Å². The number of piperidine rings is 2. The molecule has 1 aliphatic carbocycles. The number of amides is 1. The van der Waals surface area contributed by atoms with Crippen LogP contribution in [-0.2, 0) is 17.8 Å². The van der Waals surface area contributed by atoms with E-state index in [1.807, 2.05) is 6.20 Å². The fourth-order valence-electron chi connectivity index (χ4n) is 4.53. The standard InChI is InChI=1S/C20H29N3O/c1-2-16-4-5-17(21-12-16)13-22-11-3-9-20(14-22)10-8-19(24)23(15-20)18-6-7-18/h4-5,12,18H,2-3,6-11,13-15H2,1H3/t20-/m1/s1. The van der Waals surface area contributed by atoms with Crippen molar-refractivity contribution in [1.29, 1.82) is 0 Å². The van der Waals surface area contributed by atoms with Crippen LogP contribution in [0.4, 0.5) is 0 Å². The van der Waals surface area contributed by atoms with Gasteiger partial charge in [-0.15, -0.1) is 0 Å². The highest BCUT2D eigenvalue weighted by molar-refractivity contribution is 5.78. The lowest BCUT2D eigenvalue weighted by molar-refractivity contribution is -0.140. The number of hydrogen-bond acceptors (Lipinski definition) is 3. The molecule has 2 saturated heterocycles. The molecule has 2 aliphatic heterocycles. The van der Waals surface area contributed by atoms with Crippen LogP contribution < -0.4 is 0 Å². The van der Waals surface area contributed by atoms with E-state index in [4.69, 9.17) is 0 Å². The number of carbonyl (C=O) groups is 1. The Labute approximate surface area is 145 Å². The third-order valence-corrected chi connectivity index (χ3v) is 6.10. The molecule has 4 rings (SSSR count). The van der Waals surface area contributed by atoms with Gasteiger partial charge in [0.05, 0.1) is 5.69 Å². The second kappa shape index (κ2) is 6.47. The first-order valence-electron chi connectivity index (χ1n) is 9.63. The third kappa shape index (κ3) is 3.34. The van der Waals surface area contributed by atoms with Gasteiger partial charge in [-0.3, -0.25) is 14.7 Å². The summed E-state index contributed by atoms with van der Waals surface area (Å²) in [4.78, 5) is 21.7. The Bertz CT molecular complexity index is 595. The lowest BCUT2D eigenvalue weighted by atomic mass is 9.73. The van der Waals surface area contributed by atoms with Gasteiger partial charge >= 0.3 is 0 Å². The maximum Gasteiger partial charge on any atom is 0.222 e. The van der Waals surface area contributed by atoms with E-state index in [0.29, 0.717) is 17.4 Å². The SMILES string of the molecule is CCc1ccc(CN2CCC[C@@]3(CCC(=O)N(C4CC4)C3)C2)nc1. The molecule has 0 N–H and O–H groups in total. The molecule has 0 aromatic carbocycles. The molecule has 0 bridgehead atoms. The Kier molecular flexibility index (Phi) is 4.33. The average Bonchev–Trinajstić information content (AvgIpc) is 3.43. The van der Waals surface area contributed by atoms with Gasteiger partial charge in [0.25, 0.3) is 0 Å². The fourth-order valence-corrected chi connectivity index (χ4v) is 4.53. The number of hydrogen-bond donors (Lipinski definition) is 0. The van der Waals surface area contributed by atoms with E-state index in [2.05, 4.69) is 33.8 Å². The summed E-state index contributed by atoms with van der Waals surface area (Å²) in [6.45, 7) is 6.40. The molecule has 130 valence electrons. The summed E-state index contributed by atoms with van der Waals surface area (Å²) < 4.78 is 0. The van der Waals surface area contributed by atoms with Crippen molar-refractivity contribution in [2.24, 2.45) is 5.41 Å². The van der Waals surface area contributed by atoms with Gasteiger partial charge in [0, 0.05) is 43.7 Å². The number of likely N-dealkylation sites (tertiary alicyclic amines) is 2. The Morgan fingerprint density at radius 3 is 2.83 bits per heavy atom. The Balaban J connectivity index is 1.42. The molecule has 3 fully saturated rings. The van der Waals surface area contributed by atoms with Gasteiger partial charge in [0.1, 0.15) is 0 Å². The maximum atomic E-state index is 12.2. The number of aryl methyl sites for hydroxylation is 1. The first-order chi connectivity index (χ1) is 11.7. The van der Waals surface area contributed by atoms with E-state index < -0.39 is 0 Å². The highest BCUT2D eigenvalue weighted by atomic mass is 16.2. The summed E-state index contributed by atoms with van der Waals surface area (Å²) in [5.74, 6) is 0.400. The van der Waals surface area contributed by atoms with Gasteiger partial charge in [0.2, 0.25) is 5.91 Å². The second-order valence-electron chi connectivity index (χ2n) is 8.08. The minimum absolute atomic E-state index is 0.331. The van der Waals surface area contributed by atoms with Crippen LogP contribution in [0.2, 0.25) is 0 Å². The normalized spacial score (nSPS) is 28.5. The maximum absolute atomic E-state index is 12.2. The smallest absolute Gasteiger partial charge is 0.222 e. The van der Waals surface area contributed by atoms with Gasteiger partial charge in [-0.25, -0.2) is 0 Å². The second-order valence-corrected chi connectivity index (χ2v) is 8.08. The Hall–Kier alpha value is -1.42. The van der Waals surface area contributed by atoms with Gasteiger partial charge < -0.3 is 4.90 Å². The highest BCUT2D eigenvalue weighted by Gasteiger charge is 2.45. The van der Waals surface area contributed by atoms with E-state index >= 15 is 0 Å². The summed E-state index contributed by atoms with van der Waals surface area (Å²) in [6, 6.07) is 4.95. The van der Waals surface area contributed by atoms with Crippen LogP contribution in [0.25, 0.3) is 0 Å². The quantitative estimate of drug-likeness (QED) is 0.853. The first kappa shape index (κ1) is 16.1. The van der Waals surface area contributed by atoms with E-state index in [0.717, 1.165) is 45.4 Å². The zero-order valence-electron chi connectivity index (χ0n) is 14.8. The molecule has 3 aliphatic rings. The molecule has 1 amide bonds. The molecule has 24 heavy (non-hydrogen) atoms. The molecule has 4 heteroatoms. The minimum Gasteiger partial charge on any atom is -0.339 e. The van der Waals surface area contributed by atoms with Crippen molar-refractivity contribution < 1.29 is 4.79 Å². The molecule has 0 unspecified atom stereocenters. The van der Waals surface area contributed by atoms with Crippen molar-refractivity contribution in [3.63, 3.8) is 0 Å². The summed E-state index contributed by atoms with van der Waals surface area (Å²) in [6.07, 6.45) is 9.87. The van der Waals surface area contributed by atoms with Crippen molar-refractivity contribution in [2.75, 3.05) is 19.6 Å². The summed E-state index contributed by atoms with van der Waals surface area (Å²) in [5.41, 5.74) is 2.81. The van der Waals surface area contributed by atoms with Gasteiger partial charge in [-0.2, -0.15) is 0 Å². The zero-order valence-corrected chi connectivity index (χ0v) is 14.8. The zero-order chi connectivity index (χ0) is 16.6. The van der Waals surface area contributed by atoms with Crippen LogP contribution in [0.5, 0.6) is 0 Å². The van der Waals surface area contributed by atoms with Gasteiger partial charge in [-0.1, -0.05) is 13.0 Å². The van der Waals surface area contributed by atoms with Crippen LogP contribution in [0.1, 0.15) is 56.7 Å². The lowest BCUT2D eigenvalue weighted by Crippen LogP contribution is -2.54. The Morgan fingerprint density at radius 2 is 2.12 bits per heavy atom. The summed E-state index contributed by atoms with van der Waals surface area (Å²) in [5, 5.41) is 0. The molecular weight excluding hydrogens is 298 g/mol. The summed E-state index contributed by atoms with van der Waals surface area (Å²) in [7, 11) is 0. The molecule has 0 radical (unpaired) electrons. The van der Waals surface area contributed by atoms with Gasteiger partial charge in [-0.05, 0) is 56.7 Å². The van der Waals surface area contributed by atoms with Crippen LogP contribution in [0.3, 0.4) is 0 Å². The largest absolute Gasteiger partial charge is 0.339 e. The van der Waals surface area contributed by atoms with E-state index in [1.54, 1.807) is 0 Å². The predicted molar refractivity (Wildman–Crippen MR) is 94.5 cm³/mol. The monoisotopic (exact) mass is 327 g/mol. The molecule has 1 atom stereocenters. The Morgan fingerprint density at radius 1 is 1.25 bits per heavy atom. The number of rotatable bonds is 4.